The predicted molar refractivity (Wildman–Crippen MR) is 102 cm³/mol. The second-order valence-corrected chi connectivity index (χ2v) is 6.90. The van der Waals surface area contributed by atoms with Gasteiger partial charge in [0.25, 0.3) is 0 Å². The van der Waals surface area contributed by atoms with Crippen LogP contribution in [0.5, 0.6) is 0 Å². The van der Waals surface area contributed by atoms with Crippen LogP contribution < -0.4 is 0 Å². The highest BCUT2D eigenvalue weighted by molar-refractivity contribution is 5.95. The van der Waals surface area contributed by atoms with Crippen LogP contribution in [-0.4, -0.2) is 38.1 Å². The van der Waals surface area contributed by atoms with E-state index in [1.807, 2.05) is 0 Å². The van der Waals surface area contributed by atoms with Gasteiger partial charge in [-0.15, -0.1) is 5.73 Å². The van der Waals surface area contributed by atoms with Crippen molar-refractivity contribution in [2.24, 2.45) is 15.9 Å². The number of nitrogens with zero attached hydrogens (tertiary/aromatic N) is 2. The van der Waals surface area contributed by atoms with Crippen LogP contribution in [0.3, 0.4) is 0 Å². The fourth-order valence-corrected chi connectivity index (χ4v) is 2.85. The standard InChI is InChI=1S/C20H34N2O2/c1-8-9-10-11-12-16(13-14(2)3)18-20(24-7)21-17(15(4)5)19(22-18)23-6/h15,17-18H,8-12H2,1-7H3/t17-,18-/m0/s1. The molecule has 0 spiro atoms. The monoisotopic (exact) mass is 334 g/mol. The summed E-state index contributed by atoms with van der Waals surface area (Å²) in [4.78, 5) is 9.61. The molecule has 1 rings (SSSR count). The molecule has 4 nitrogen and oxygen atoms in total. The fourth-order valence-electron chi connectivity index (χ4n) is 2.85. The lowest BCUT2D eigenvalue weighted by Gasteiger charge is -2.27. The van der Waals surface area contributed by atoms with Crippen molar-refractivity contribution in [3.05, 3.63) is 16.9 Å². The Kier molecular flexibility index (Phi) is 8.84. The molecule has 0 fully saturated rings. The van der Waals surface area contributed by atoms with Gasteiger partial charge in [-0.05, 0) is 38.2 Å². The van der Waals surface area contributed by atoms with E-state index in [1.165, 1.54) is 19.3 Å². The van der Waals surface area contributed by atoms with Crippen LogP contribution in [0.25, 0.3) is 0 Å². The van der Waals surface area contributed by atoms with E-state index in [4.69, 9.17) is 19.5 Å². The summed E-state index contributed by atoms with van der Waals surface area (Å²) in [6, 6.07) is -0.286. The van der Waals surface area contributed by atoms with Crippen molar-refractivity contribution < 1.29 is 9.47 Å². The van der Waals surface area contributed by atoms with Gasteiger partial charge in [-0.25, -0.2) is 9.98 Å². The summed E-state index contributed by atoms with van der Waals surface area (Å²) in [5.41, 5.74) is 5.78. The third kappa shape index (κ3) is 5.83. The molecule has 1 heterocycles. The summed E-state index contributed by atoms with van der Waals surface area (Å²) in [6.07, 6.45) is 5.83. The summed E-state index contributed by atoms with van der Waals surface area (Å²) in [7, 11) is 3.35. The zero-order valence-corrected chi connectivity index (χ0v) is 16.5. The highest BCUT2D eigenvalue weighted by Crippen LogP contribution is 2.24. The largest absolute Gasteiger partial charge is 0.483 e. The average Bonchev–Trinajstić information content (AvgIpc) is 2.55. The summed E-state index contributed by atoms with van der Waals surface area (Å²) in [5.74, 6) is 1.68. The summed E-state index contributed by atoms with van der Waals surface area (Å²) in [6.45, 7) is 10.6. The third-order valence-corrected chi connectivity index (χ3v) is 4.10. The molecule has 1 aliphatic rings. The van der Waals surface area contributed by atoms with Crippen molar-refractivity contribution >= 4 is 11.8 Å². The van der Waals surface area contributed by atoms with Crippen LogP contribution >= 0.6 is 0 Å². The fraction of sp³-hybridized carbons (Fsp3) is 0.750. The zero-order chi connectivity index (χ0) is 18.1. The number of hydrogen-bond acceptors (Lipinski definition) is 4. The number of hydrogen-bond donors (Lipinski definition) is 0. The quantitative estimate of drug-likeness (QED) is 0.488. The van der Waals surface area contributed by atoms with Gasteiger partial charge in [0.05, 0.1) is 14.2 Å². The maximum absolute atomic E-state index is 5.58. The predicted octanol–water partition coefficient (Wildman–Crippen LogP) is 4.94. The van der Waals surface area contributed by atoms with Crippen LogP contribution in [0, 0.1) is 5.92 Å². The van der Waals surface area contributed by atoms with Gasteiger partial charge < -0.3 is 9.47 Å². The van der Waals surface area contributed by atoms with E-state index in [-0.39, 0.29) is 12.1 Å². The highest BCUT2D eigenvalue weighted by Gasteiger charge is 2.32. The van der Waals surface area contributed by atoms with E-state index in [0.717, 1.165) is 24.0 Å². The first kappa shape index (κ1) is 20.5. The minimum Gasteiger partial charge on any atom is -0.483 e. The molecule has 0 bridgehead atoms. The van der Waals surface area contributed by atoms with Crippen molar-refractivity contribution in [2.45, 2.75) is 78.8 Å². The molecule has 24 heavy (non-hydrogen) atoms. The molecule has 0 unspecified atom stereocenters. The van der Waals surface area contributed by atoms with Crippen molar-refractivity contribution in [1.29, 1.82) is 0 Å². The summed E-state index contributed by atoms with van der Waals surface area (Å²) in [5, 5.41) is 0. The normalized spacial score (nSPS) is 20.2. The Bertz CT molecular complexity index is 522. The third-order valence-electron chi connectivity index (χ3n) is 4.10. The van der Waals surface area contributed by atoms with Crippen LogP contribution in [0.2, 0.25) is 0 Å². The lowest BCUT2D eigenvalue weighted by atomic mass is 9.97. The first-order valence-corrected chi connectivity index (χ1v) is 9.10. The number of methoxy groups -OCH3 is 2. The summed E-state index contributed by atoms with van der Waals surface area (Å²) >= 11 is 0. The van der Waals surface area contributed by atoms with Crippen LogP contribution in [0.1, 0.15) is 66.7 Å². The Morgan fingerprint density at radius 3 is 2.21 bits per heavy atom. The minimum atomic E-state index is -0.212. The Balaban J connectivity index is 3.13. The number of ether oxygens (including phenoxy) is 2. The number of unbranched alkanes of at least 4 members (excludes halogenated alkanes) is 3. The zero-order valence-electron chi connectivity index (χ0n) is 16.5. The second kappa shape index (κ2) is 10.4. The van der Waals surface area contributed by atoms with Crippen LogP contribution in [0.4, 0.5) is 0 Å². The van der Waals surface area contributed by atoms with Gasteiger partial charge in [0.15, 0.2) is 6.04 Å². The Morgan fingerprint density at radius 1 is 1.04 bits per heavy atom. The molecule has 0 aliphatic carbocycles. The maximum atomic E-state index is 5.58. The van der Waals surface area contributed by atoms with Gasteiger partial charge in [0.2, 0.25) is 11.8 Å². The number of rotatable bonds is 7. The molecule has 0 amide bonds. The van der Waals surface area contributed by atoms with Crippen molar-refractivity contribution in [2.75, 3.05) is 14.2 Å². The van der Waals surface area contributed by atoms with E-state index in [1.54, 1.807) is 14.2 Å². The second-order valence-electron chi connectivity index (χ2n) is 6.90. The minimum absolute atomic E-state index is 0.0748. The van der Waals surface area contributed by atoms with E-state index < -0.39 is 0 Å². The smallest absolute Gasteiger partial charge is 0.214 e. The van der Waals surface area contributed by atoms with E-state index in [2.05, 4.69) is 40.3 Å². The van der Waals surface area contributed by atoms with Crippen molar-refractivity contribution in [3.8, 4) is 0 Å². The molecule has 4 heteroatoms. The maximum Gasteiger partial charge on any atom is 0.214 e. The van der Waals surface area contributed by atoms with Crippen molar-refractivity contribution in [1.82, 2.24) is 0 Å². The van der Waals surface area contributed by atoms with Crippen LogP contribution in [-0.2, 0) is 9.47 Å². The molecule has 2 atom stereocenters. The Labute approximate surface area is 147 Å². The molecule has 136 valence electrons. The average molecular weight is 335 g/mol. The molecule has 1 aliphatic heterocycles. The molecule has 0 aromatic heterocycles. The molecule has 0 saturated carbocycles. The van der Waals surface area contributed by atoms with E-state index in [9.17, 15) is 0 Å². The first-order chi connectivity index (χ1) is 11.4. The van der Waals surface area contributed by atoms with Crippen molar-refractivity contribution in [3.63, 3.8) is 0 Å². The van der Waals surface area contributed by atoms with E-state index in [0.29, 0.717) is 17.7 Å². The molecule has 0 N–H and O–H groups in total. The van der Waals surface area contributed by atoms with Gasteiger partial charge in [-0.2, -0.15) is 0 Å². The lowest BCUT2D eigenvalue weighted by Crippen LogP contribution is -2.38. The molecule has 0 saturated heterocycles. The van der Waals surface area contributed by atoms with Gasteiger partial charge in [-0.1, -0.05) is 40.0 Å². The highest BCUT2D eigenvalue weighted by atomic mass is 16.5. The lowest BCUT2D eigenvalue weighted by molar-refractivity contribution is 0.336. The molecular formula is C20H34N2O2. The van der Waals surface area contributed by atoms with Gasteiger partial charge in [0, 0.05) is 5.57 Å². The SMILES string of the molecule is CCCCCCC(=C=C(C)C)[C@@H]1N=C(OC)[C@H](C(C)C)N=C1OC. The van der Waals surface area contributed by atoms with Gasteiger partial charge in [-0.3, -0.25) is 0 Å². The molecule has 0 radical (unpaired) electrons. The molecule has 0 aromatic rings. The topological polar surface area (TPSA) is 43.2 Å². The van der Waals surface area contributed by atoms with Gasteiger partial charge >= 0.3 is 0 Å². The first-order valence-electron chi connectivity index (χ1n) is 9.10. The molecular weight excluding hydrogens is 300 g/mol. The number of aliphatic imine (C=N–C) groups is 2. The van der Waals surface area contributed by atoms with Gasteiger partial charge in [0.1, 0.15) is 6.04 Å². The van der Waals surface area contributed by atoms with E-state index >= 15 is 0 Å². The summed E-state index contributed by atoms with van der Waals surface area (Å²) < 4.78 is 11.1. The Hall–Kier alpha value is -1.54. The molecule has 0 aromatic carbocycles. The van der Waals surface area contributed by atoms with Crippen LogP contribution in [0.15, 0.2) is 26.9 Å². The Morgan fingerprint density at radius 2 is 1.71 bits per heavy atom.